The Hall–Kier alpha value is -3.16. The summed E-state index contributed by atoms with van der Waals surface area (Å²) >= 11 is 6.64. The maximum atomic E-state index is 13.7. The van der Waals surface area contributed by atoms with Gasteiger partial charge in [-0.25, -0.2) is 4.39 Å². The zero-order chi connectivity index (χ0) is 24.1. The second-order valence-corrected chi connectivity index (χ2v) is 9.34. The number of ether oxygens (including phenoxy) is 1. The summed E-state index contributed by atoms with van der Waals surface area (Å²) in [5.41, 5.74) is 3.31. The van der Waals surface area contributed by atoms with Gasteiger partial charge in [-0.2, -0.15) is 0 Å². The van der Waals surface area contributed by atoms with Gasteiger partial charge in [0.15, 0.2) is 4.32 Å². The minimum Gasteiger partial charge on any atom is -0.488 e. The summed E-state index contributed by atoms with van der Waals surface area (Å²) in [5, 5.41) is 0. The van der Waals surface area contributed by atoms with Crippen LogP contribution in [-0.4, -0.2) is 23.3 Å². The molecule has 0 atom stereocenters. The number of carbonyl (C=O) groups excluding carboxylic acids is 1. The summed E-state index contributed by atoms with van der Waals surface area (Å²) in [6.45, 7) is 6.38. The van der Waals surface area contributed by atoms with Crippen LogP contribution >= 0.6 is 24.0 Å². The van der Waals surface area contributed by atoms with E-state index in [9.17, 15) is 9.18 Å². The number of hydrogen-bond donors (Lipinski definition) is 0. The molecular formula is C27H25FN2O2S2. The van der Waals surface area contributed by atoms with E-state index in [-0.39, 0.29) is 5.91 Å². The van der Waals surface area contributed by atoms with Crippen LogP contribution in [0.1, 0.15) is 25.0 Å². The van der Waals surface area contributed by atoms with Gasteiger partial charge in [-0.1, -0.05) is 60.4 Å². The maximum Gasteiger partial charge on any atom is 0.270 e. The van der Waals surface area contributed by atoms with Crippen molar-refractivity contribution >= 4 is 51.7 Å². The average molecular weight is 493 g/mol. The first-order chi connectivity index (χ1) is 16.5. The van der Waals surface area contributed by atoms with E-state index in [2.05, 4.69) is 18.7 Å². The van der Waals surface area contributed by atoms with Crippen LogP contribution in [0, 0.1) is 5.82 Å². The van der Waals surface area contributed by atoms with Crippen molar-refractivity contribution in [1.29, 1.82) is 0 Å². The predicted molar refractivity (Wildman–Crippen MR) is 143 cm³/mol. The number of carbonyl (C=O) groups is 1. The highest BCUT2D eigenvalue weighted by atomic mass is 32.2. The molecule has 0 spiro atoms. The SMILES string of the molecule is CCN(CC)c1ccc(/C=C2\SC(=S)N(c3cccc(F)c3)C2=O)c(OCc2ccccc2)c1. The van der Waals surface area contributed by atoms with E-state index in [0.29, 0.717) is 27.3 Å². The molecule has 1 fully saturated rings. The van der Waals surface area contributed by atoms with Gasteiger partial charge in [-0.15, -0.1) is 0 Å². The van der Waals surface area contributed by atoms with Crippen molar-refractivity contribution in [3.8, 4) is 5.75 Å². The molecule has 0 N–H and O–H groups in total. The fourth-order valence-electron chi connectivity index (χ4n) is 3.73. The lowest BCUT2D eigenvalue weighted by atomic mass is 10.1. The van der Waals surface area contributed by atoms with E-state index in [1.54, 1.807) is 18.2 Å². The van der Waals surface area contributed by atoms with Crippen molar-refractivity contribution in [2.45, 2.75) is 20.5 Å². The molecule has 0 bridgehead atoms. The summed E-state index contributed by atoms with van der Waals surface area (Å²) in [7, 11) is 0. The molecule has 0 aliphatic carbocycles. The minimum absolute atomic E-state index is 0.276. The Kier molecular flexibility index (Phi) is 7.65. The topological polar surface area (TPSA) is 32.8 Å². The minimum atomic E-state index is -0.417. The Morgan fingerprint density at radius 2 is 1.79 bits per heavy atom. The average Bonchev–Trinajstić information content (AvgIpc) is 3.12. The highest BCUT2D eigenvalue weighted by Gasteiger charge is 2.33. The second-order valence-electron chi connectivity index (χ2n) is 7.67. The summed E-state index contributed by atoms with van der Waals surface area (Å²) in [6, 6.07) is 21.8. The first kappa shape index (κ1) is 24.0. The zero-order valence-electron chi connectivity index (χ0n) is 19.0. The molecule has 34 heavy (non-hydrogen) atoms. The zero-order valence-corrected chi connectivity index (χ0v) is 20.7. The van der Waals surface area contributed by atoms with Crippen LogP contribution in [-0.2, 0) is 11.4 Å². The van der Waals surface area contributed by atoms with Crippen molar-refractivity contribution in [3.05, 3.63) is 94.6 Å². The fraction of sp³-hybridized carbons (Fsp3) is 0.185. The van der Waals surface area contributed by atoms with Crippen molar-refractivity contribution in [2.75, 3.05) is 22.9 Å². The lowest BCUT2D eigenvalue weighted by molar-refractivity contribution is -0.113. The summed E-state index contributed by atoms with van der Waals surface area (Å²) in [5.74, 6) is -0.00850. The van der Waals surface area contributed by atoms with Crippen LogP contribution in [0.3, 0.4) is 0 Å². The van der Waals surface area contributed by atoms with E-state index in [1.807, 2.05) is 48.5 Å². The number of nitrogens with zero attached hydrogens (tertiary/aromatic N) is 2. The normalized spacial score (nSPS) is 14.7. The molecule has 174 valence electrons. The first-order valence-electron chi connectivity index (χ1n) is 11.1. The number of anilines is 2. The quantitative estimate of drug-likeness (QED) is 0.259. The Morgan fingerprint density at radius 1 is 1.03 bits per heavy atom. The molecule has 1 saturated heterocycles. The highest BCUT2D eigenvalue weighted by molar-refractivity contribution is 8.27. The molecule has 0 radical (unpaired) electrons. The first-order valence-corrected chi connectivity index (χ1v) is 12.3. The van der Waals surface area contributed by atoms with Crippen LogP contribution < -0.4 is 14.5 Å². The number of halogens is 1. The smallest absolute Gasteiger partial charge is 0.270 e. The van der Waals surface area contributed by atoms with Crippen LogP contribution in [0.15, 0.2) is 77.7 Å². The third-order valence-corrected chi connectivity index (χ3v) is 6.81. The van der Waals surface area contributed by atoms with Crippen LogP contribution in [0.4, 0.5) is 15.8 Å². The number of rotatable bonds is 8. The van der Waals surface area contributed by atoms with Crippen molar-refractivity contribution in [2.24, 2.45) is 0 Å². The van der Waals surface area contributed by atoms with Crippen LogP contribution in [0.5, 0.6) is 5.75 Å². The number of thioether (sulfide) groups is 1. The number of amides is 1. The Labute approximate surface area is 209 Å². The molecule has 1 aliphatic heterocycles. The molecule has 3 aromatic carbocycles. The summed E-state index contributed by atoms with van der Waals surface area (Å²) < 4.78 is 20.3. The molecule has 1 amide bonds. The lowest BCUT2D eigenvalue weighted by Gasteiger charge is -2.22. The van der Waals surface area contributed by atoms with Crippen molar-refractivity contribution in [3.63, 3.8) is 0 Å². The molecule has 7 heteroatoms. The number of hydrogen-bond acceptors (Lipinski definition) is 5. The van der Waals surface area contributed by atoms with E-state index >= 15 is 0 Å². The number of benzene rings is 3. The fourth-order valence-corrected chi connectivity index (χ4v) is 5.02. The van der Waals surface area contributed by atoms with Gasteiger partial charge >= 0.3 is 0 Å². The molecule has 1 heterocycles. The van der Waals surface area contributed by atoms with Crippen molar-refractivity contribution in [1.82, 2.24) is 0 Å². The Morgan fingerprint density at radius 3 is 2.50 bits per heavy atom. The van der Waals surface area contributed by atoms with Gasteiger partial charge in [0.05, 0.1) is 10.6 Å². The molecule has 0 unspecified atom stereocenters. The van der Waals surface area contributed by atoms with E-state index < -0.39 is 5.82 Å². The third-order valence-electron chi connectivity index (χ3n) is 5.51. The van der Waals surface area contributed by atoms with Crippen molar-refractivity contribution < 1.29 is 13.9 Å². The molecule has 4 rings (SSSR count). The van der Waals surface area contributed by atoms with Crippen LogP contribution in [0.2, 0.25) is 0 Å². The van der Waals surface area contributed by atoms with Gasteiger partial charge in [0.25, 0.3) is 5.91 Å². The van der Waals surface area contributed by atoms with Gasteiger partial charge < -0.3 is 9.64 Å². The Balaban J connectivity index is 1.66. The largest absolute Gasteiger partial charge is 0.488 e. The monoisotopic (exact) mass is 492 g/mol. The van der Waals surface area contributed by atoms with Gasteiger partial charge in [-0.3, -0.25) is 9.69 Å². The molecule has 0 saturated carbocycles. The predicted octanol–water partition coefficient (Wildman–Crippen LogP) is 6.66. The lowest BCUT2D eigenvalue weighted by Crippen LogP contribution is -2.27. The van der Waals surface area contributed by atoms with Gasteiger partial charge in [-0.05, 0) is 55.8 Å². The van der Waals surface area contributed by atoms with E-state index in [1.165, 1.54) is 28.8 Å². The van der Waals surface area contributed by atoms with Gasteiger partial charge in [0.1, 0.15) is 18.2 Å². The van der Waals surface area contributed by atoms with Gasteiger partial charge in [0.2, 0.25) is 0 Å². The Bertz CT molecular complexity index is 1230. The van der Waals surface area contributed by atoms with E-state index in [4.69, 9.17) is 17.0 Å². The second kappa shape index (κ2) is 10.8. The molecule has 0 aromatic heterocycles. The molecule has 3 aromatic rings. The van der Waals surface area contributed by atoms with Gasteiger partial charge in [0, 0.05) is 30.4 Å². The van der Waals surface area contributed by atoms with E-state index in [0.717, 1.165) is 29.9 Å². The molecular weight excluding hydrogens is 467 g/mol. The maximum absolute atomic E-state index is 13.7. The molecule has 4 nitrogen and oxygen atoms in total. The summed E-state index contributed by atoms with van der Waals surface area (Å²) in [4.78, 5) is 17.2. The standard InChI is InChI=1S/C27H25FN2O2S2/c1-3-29(4-2)22-14-13-20(24(17-22)32-18-19-9-6-5-7-10-19)15-25-26(31)30(27(33)34-25)23-12-8-11-21(28)16-23/h5-17H,3-4,18H2,1-2H3/b25-15-. The third kappa shape index (κ3) is 5.32. The summed E-state index contributed by atoms with van der Waals surface area (Å²) in [6.07, 6.45) is 1.80. The highest BCUT2D eigenvalue weighted by Crippen LogP contribution is 2.38. The van der Waals surface area contributed by atoms with Crippen LogP contribution in [0.25, 0.3) is 6.08 Å². The number of thiocarbonyl (C=S) groups is 1. The molecule has 1 aliphatic rings.